The Kier molecular flexibility index (Phi) is 4.00. The van der Waals surface area contributed by atoms with E-state index in [-0.39, 0.29) is 5.91 Å². The summed E-state index contributed by atoms with van der Waals surface area (Å²) in [5, 5.41) is 7.39. The molecule has 1 amide bonds. The molecule has 0 aliphatic heterocycles. The first-order chi connectivity index (χ1) is 11.7. The summed E-state index contributed by atoms with van der Waals surface area (Å²) in [4.78, 5) is 22.6. The molecular formula is C18H22N4OS. The average Bonchev–Trinajstić information content (AvgIpc) is 3.28. The summed E-state index contributed by atoms with van der Waals surface area (Å²) in [5.74, 6) is 3.01. The molecule has 3 atom stereocenters. The molecule has 2 N–H and O–H groups in total. The molecule has 5 nitrogen and oxygen atoms in total. The molecule has 1 saturated carbocycles. The fraction of sp³-hybridized carbons (Fsp3) is 0.500. The van der Waals surface area contributed by atoms with Crippen LogP contribution in [0.4, 0.5) is 5.82 Å². The van der Waals surface area contributed by atoms with Crippen molar-refractivity contribution in [2.75, 3.05) is 18.4 Å². The van der Waals surface area contributed by atoms with Crippen molar-refractivity contribution in [1.29, 1.82) is 0 Å². The number of carbonyl (C=O) groups excluding carboxylic acids is 1. The number of hydrogen-bond acceptors (Lipinski definition) is 5. The zero-order valence-electron chi connectivity index (χ0n) is 14.0. The van der Waals surface area contributed by atoms with Crippen LogP contribution in [0.5, 0.6) is 0 Å². The Hall–Kier alpha value is -1.95. The van der Waals surface area contributed by atoms with E-state index in [2.05, 4.69) is 32.8 Å². The predicted molar refractivity (Wildman–Crippen MR) is 97.5 cm³/mol. The molecule has 2 aromatic rings. The van der Waals surface area contributed by atoms with Crippen molar-refractivity contribution in [3.8, 4) is 0 Å². The van der Waals surface area contributed by atoms with Gasteiger partial charge >= 0.3 is 0 Å². The van der Waals surface area contributed by atoms with Gasteiger partial charge in [0.15, 0.2) is 0 Å². The lowest BCUT2D eigenvalue weighted by atomic mass is 9.93. The quantitative estimate of drug-likeness (QED) is 0.818. The van der Waals surface area contributed by atoms with Crippen molar-refractivity contribution in [3.63, 3.8) is 0 Å². The largest absolute Gasteiger partial charge is 0.369 e. The van der Waals surface area contributed by atoms with Crippen molar-refractivity contribution in [3.05, 3.63) is 28.9 Å². The summed E-state index contributed by atoms with van der Waals surface area (Å²) >= 11 is 1.44. The topological polar surface area (TPSA) is 66.9 Å². The minimum Gasteiger partial charge on any atom is -0.369 e. The van der Waals surface area contributed by atoms with Crippen molar-refractivity contribution in [2.24, 2.45) is 17.8 Å². The van der Waals surface area contributed by atoms with Gasteiger partial charge in [0.05, 0.1) is 10.3 Å². The second-order valence-corrected chi connectivity index (χ2v) is 7.74. The van der Waals surface area contributed by atoms with E-state index in [0.29, 0.717) is 18.4 Å². The Balaban J connectivity index is 1.59. The van der Waals surface area contributed by atoms with Gasteiger partial charge in [0.2, 0.25) is 0 Å². The van der Waals surface area contributed by atoms with Crippen molar-refractivity contribution >= 4 is 33.3 Å². The van der Waals surface area contributed by atoms with E-state index in [9.17, 15) is 4.79 Å². The van der Waals surface area contributed by atoms with Crippen LogP contribution in [0.1, 0.15) is 35.0 Å². The lowest BCUT2D eigenvalue weighted by Gasteiger charge is -2.19. The second kappa shape index (κ2) is 6.16. The van der Waals surface area contributed by atoms with E-state index in [4.69, 9.17) is 0 Å². The standard InChI is InChI=1S/C18H22N4OS/c1-3-19-17(23)15-10(2)14-16(21-9-22-18(14)24-15)20-8-13-7-11-4-5-12(13)6-11/h4-5,9,11-13H,3,6-8H2,1-2H3,(H,19,23)(H,20,21,22). The number of carbonyl (C=O) groups is 1. The lowest BCUT2D eigenvalue weighted by Crippen LogP contribution is -2.22. The molecule has 2 bridgehead atoms. The summed E-state index contributed by atoms with van der Waals surface area (Å²) in [5.41, 5.74) is 0.969. The van der Waals surface area contributed by atoms with Crippen molar-refractivity contribution in [2.45, 2.75) is 26.7 Å². The van der Waals surface area contributed by atoms with Gasteiger partial charge in [-0.2, -0.15) is 0 Å². The molecule has 0 saturated heterocycles. The highest BCUT2D eigenvalue weighted by Crippen LogP contribution is 2.43. The number of fused-ring (bicyclic) bond motifs is 3. The minimum absolute atomic E-state index is 0.0258. The smallest absolute Gasteiger partial charge is 0.261 e. The zero-order chi connectivity index (χ0) is 16.7. The summed E-state index contributed by atoms with van der Waals surface area (Å²) in [6, 6.07) is 0. The molecule has 2 aromatic heterocycles. The SMILES string of the molecule is CCNC(=O)c1sc2ncnc(NCC3CC4C=CC3C4)c2c1C. The number of nitrogens with one attached hydrogen (secondary N) is 2. The first kappa shape index (κ1) is 15.6. The van der Waals surface area contributed by atoms with Crippen LogP contribution in [0.3, 0.4) is 0 Å². The third-order valence-corrected chi connectivity index (χ3v) is 6.42. The molecule has 0 radical (unpaired) electrons. The maximum atomic E-state index is 12.2. The van der Waals surface area contributed by atoms with Gasteiger partial charge in [0, 0.05) is 13.1 Å². The molecule has 2 aliphatic rings. The third-order valence-electron chi connectivity index (χ3n) is 5.22. The zero-order valence-corrected chi connectivity index (χ0v) is 14.8. The van der Waals surface area contributed by atoms with E-state index < -0.39 is 0 Å². The van der Waals surface area contributed by atoms with Crippen LogP contribution in [0.15, 0.2) is 18.5 Å². The van der Waals surface area contributed by atoms with Crippen LogP contribution in [-0.2, 0) is 0 Å². The number of thiophene rings is 1. The molecule has 2 aliphatic carbocycles. The first-order valence-electron chi connectivity index (χ1n) is 8.61. The number of nitrogens with zero attached hydrogens (tertiary/aromatic N) is 2. The van der Waals surface area contributed by atoms with Gasteiger partial charge in [-0.15, -0.1) is 11.3 Å². The van der Waals surface area contributed by atoms with Crippen LogP contribution in [0.2, 0.25) is 0 Å². The Bertz CT molecular complexity index is 813. The normalized spacial score (nSPS) is 24.7. The number of anilines is 1. The average molecular weight is 342 g/mol. The van der Waals surface area contributed by atoms with Crippen molar-refractivity contribution in [1.82, 2.24) is 15.3 Å². The van der Waals surface area contributed by atoms with Crippen molar-refractivity contribution < 1.29 is 4.79 Å². The highest BCUT2D eigenvalue weighted by molar-refractivity contribution is 7.20. The van der Waals surface area contributed by atoms with Crippen LogP contribution < -0.4 is 10.6 Å². The van der Waals surface area contributed by atoms with E-state index in [1.807, 2.05) is 13.8 Å². The summed E-state index contributed by atoms with van der Waals surface area (Å²) in [7, 11) is 0. The Labute approximate surface area is 145 Å². The molecule has 24 heavy (non-hydrogen) atoms. The Morgan fingerprint density at radius 1 is 1.33 bits per heavy atom. The van der Waals surface area contributed by atoms with E-state index in [1.165, 1.54) is 24.2 Å². The molecule has 126 valence electrons. The van der Waals surface area contributed by atoms with Crippen LogP contribution >= 0.6 is 11.3 Å². The molecule has 3 unspecified atom stereocenters. The monoisotopic (exact) mass is 342 g/mol. The highest BCUT2D eigenvalue weighted by atomic mass is 32.1. The van der Waals surface area contributed by atoms with Gasteiger partial charge in [0.25, 0.3) is 5.91 Å². The predicted octanol–water partition coefficient (Wildman–Crippen LogP) is 3.37. The highest BCUT2D eigenvalue weighted by Gasteiger charge is 2.35. The number of hydrogen-bond donors (Lipinski definition) is 2. The van der Waals surface area contributed by atoms with Gasteiger partial charge in [-0.25, -0.2) is 9.97 Å². The maximum Gasteiger partial charge on any atom is 0.261 e. The van der Waals surface area contributed by atoms with Crippen LogP contribution in [0, 0.1) is 24.7 Å². The number of rotatable bonds is 5. The molecule has 4 rings (SSSR count). The van der Waals surface area contributed by atoms with Gasteiger partial charge in [-0.1, -0.05) is 12.2 Å². The Morgan fingerprint density at radius 2 is 2.21 bits per heavy atom. The van der Waals surface area contributed by atoms with Gasteiger partial charge in [-0.05, 0) is 50.0 Å². The van der Waals surface area contributed by atoms with E-state index in [0.717, 1.165) is 38.9 Å². The van der Waals surface area contributed by atoms with Crippen LogP contribution in [0.25, 0.3) is 10.2 Å². The van der Waals surface area contributed by atoms with Gasteiger partial charge in [0.1, 0.15) is 17.0 Å². The molecule has 1 fully saturated rings. The molecule has 0 aromatic carbocycles. The maximum absolute atomic E-state index is 12.2. The van der Waals surface area contributed by atoms with Gasteiger partial charge in [-0.3, -0.25) is 4.79 Å². The number of aryl methyl sites for hydroxylation is 1. The summed E-state index contributed by atoms with van der Waals surface area (Å²) in [6.45, 7) is 5.47. The number of allylic oxidation sites excluding steroid dienone is 2. The van der Waals surface area contributed by atoms with Crippen LogP contribution in [-0.4, -0.2) is 29.0 Å². The second-order valence-electron chi connectivity index (χ2n) is 6.74. The van der Waals surface area contributed by atoms with Gasteiger partial charge < -0.3 is 10.6 Å². The summed E-state index contributed by atoms with van der Waals surface area (Å²) in [6.07, 6.45) is 8.91. The lowest BCUT2D eigenvalue weighted by molar-refractivity contribution is 0.0959. The number of amides is 1. The fourth-order valence-electron chi connectivity index (χ4n) is 4.02. The van der Waals surface area contributed by atoms with E-state index >= 15 is 0 Å². The Morgan fingerprint density at radius 3 is 2.92 bits per heavy atom. The van der Waals surface area contributed by atoms with E-state index in [1.54, 1.807) is 6.33 Å². The summed E-state index contributed by atoms with van der Waals surface area (Å²) < 4.78 is 0. The third kappa shape index (κ3) is 2.59. The molecular weight excluding hydrogens is 320 g/mol. The molecule has 0 spiro atoms. The molecule has 6 heteroatoms. The molecule has 2 heterocycles. The minimum atomic E-state index is -0.0258. The number of aromatic nitrogens is 2. The fourth-order valence-corrected chi connectivity index (χ4v) is 5.09. The first-order valence-corrected chi connectivity index (χ1v) is 9.43.